The fourth-order valence-electron chi connectivity index (χ4n) is 6.42. The molecule has 0 spiro atoms. The molecule has 1 aromatic rings. The van der Waals surface area contributed by atoms with Crippen LogP contribution in [0.1, 0.15) is 38.7 Å². The Morgan fingerprint density at radius 1 is 1.12 bits per heavy atom. The Kier molecular flexibility index (Phi) is 5.69. The van der Waals surface area contributed by atoms with E-state index < -0.39 is 23.8 Å². The van der Waals surface area contributed by atoms with Crippen molar-refractivity contribution in [2.24, 2.45) is 23.7 Å². The van der Waals surface area contributed by atoms with Crippen LogP contribution >= 0.6 is 0 Å². The second kappa shape index (κ2) is 8.40. The van der Waals surface area contributed by atoms with Crippen molar-refractivity contribution in [2.45, 2.75) is 63.8 Å². The molecule has 2 saturated heterocycles. The topological polar surface area (TPSA) is 91.4 Å². The van der Waals surface area contributed by atoms with Crippen molar-refractivity contribution in [3.8, 4) is 0 Å². The number of carbonyl (C=O) groups excluding carboxylic acids is 3. The summed E-state index contributed by atoms with van der Waals surface area (Å²) in [5, 5.41) is 0. The molecule has 33 heavy (non-hydrogen) atoms. The number of methoxy groups -OCH3 is 1. The SMILES string of the molecule is COC(=O)C1CCC([C@H]2CN(C(=O)OCc3ccccc3)[C@@H]3[C@H]2C[C@H]2OC(C)(C)O[C@@H]32)C1=O. The van der Waals surface area contributed by atoms with Gasteiger partial charge < -0.3 is 23.8 Å². The van der Waals surface area contributed by atoms with E-state index in [0.29, 0.717) is 19.4 Å². The third kappa shape index (κ3) is 3.93. The van der Waals surface area contributed by atoms with Crippen LogP contribution in [0.5, 0.6) is 0 Å². The van der Waals surface area contributed by atoms with Crippen LogP contribution < -0.4 is 0 Å². The van der Waals surface area contributed by atoms with Gasteiger partial charge in [0, 0.05) is 12.5 Å². The number of ketones is 1. The zero-order valence-corrected chi connectivity index (χ0v) is 19.3. The van der Waals surface area contributed by atoms with Gasteiger partial charge in [-0.2, -0.15) is 0 Å². The number of amides is 1. The van der Waals surface area contributed by atoms with Crippen molar-refractivity contribution in [3.05, 3.63) is 35.9 Å². The normalized spacial score (nSPS) is 36.5. The Balaban J connectivity index is 1.36. The minimum Gasteiger partial charge on any atom is -0.468 e. The average Bonchev–Trinajstić information content (AvgIpc) is 3.51. The number of esters is 1. The molecule has 2 unspecified atom stereocenters. The number of fused-ring (bicyclic) bond motifs is 3. The van der Waals surface area contributed by atoms with E-state index in [4.69, 9.17) is 18.9 Å². The molecule has 1 amide bonds. The molecule has 1 aromatic carbocycles. The fraction of sp³-hybridized carbons (Fsp3) is 0.640. The molecule has 5 rings (SSSR count). The maximum Gasteiger partial charge on any atom is 0.410 e. The number of rotatable bonds is 4. The van der Waals surface area contributed by atoms with E-state index >= 15 is 0 Å². The first kappa shape index (κ1) is 22.3. The third-order valence-electron chi connectivity index (χ3n) is 7.74. The summed E-state index contributed by atoms with van der Waals surface area (Å²) >= 11 is 0. The van der Waals surface area contributed by atoms with Crippen LogP contribution in [-0.4, -0.2) is 60.4 Å². The summed E-state index contributed by atoms with van der Waals surface area (Å²) in [6.45, 7) is 4.36. The van der Waals surface area contributed by atoms with Gasteiger partial charge in [0.15, 0.2) is 11.6 Å². The molecular formula is C25H31NO7. The van der Waals surface area contributed by atoms with E-state index in [9.17, 15) is 14.4 Å². The van der Waals surface area contributed by atoms with Gasteiger partial charge in [-0.1, -0.05) is 30.3 Å². The van der Waals surface area contributed by atoms with Crippen LogP contribution in [0.25, 0.3) is 0 Å². The Labute approximate surface area is 193 Å². The highest BCUT2D eigenvalue weighted by Gasteiger charge is 2.63. The first-order valence-electron chi connectivity index (χ1n) is 11.7. The molecule has 4 aliphatic rings. The summed E-state index contributed by atoms with van der Waals surface area (Å²) in [5.74, 6) is -2.22. The van der Waals surface area contributed by atoms with Crippen molar-refractivity contribution in [1.29, 1.82) is 0 Å². The van der Waals surface area contributed by atoms with Crippen molar-refractivity contribution < 1.29 is 33.3 Å². The van der Waals surface area contributed by atoms with Crippen molar-refractivity contribution in [3.63, 3.8) is 0 Å². The zero-order chi connectivity index (χ0) is 23.3. The van der Waals surface area contributed by atoms with E-state index in [1.807, 2.05) is 44.2 Å². The fourth-order valence-corrected chi connectivity index (χ4v) is 6.42. The lowest BCUT2D eigenvalue weighted by Crippen LogP contribution is -2.45. The van der Waals surface area contributed by atoms with Crippen LogP contribution in [0.15, 0.2) is 30.3 Å². The zero-order valence-electron chi connectivity index (χ0n) is 19.3. The van der Waals surface area contributed by atoms with Gasteiger partial charge in [-0.15, -0.1) is 0 Å². The Bertz CT molecular complexity index is 932. The molecule has 0 radical (unpaired) electrons. The molecule has 178 valence electrons. The minimum absolute atomic E-state index is 0.0534. The molecule has 2 saturated carbocycles. The van der Waals surface area contributed by atoms with Crippen molar-refractivity contribution in [2.75, 3.05) is 13.7 Å². The number of Topliss-reactive ketones (excluding diaryl/α,β-unsaturated/α-hetero) is 1. The summed E-state index contributed by atoms with van der Waals surface area (Å²) in [4.78, 5) is 40.2. The lowest BCUT2D eigenvalue weighted by atomic mass is 9.80. The molecule has 4 fully saturated rings. The monoisotopic (exact) mass is 457 g/mol. The van der Waals surface area contributed by atoms with Gasteiger partial charge in [0.05, 0.1) is 19.3 Å². The number of nitrogens with zero attached hydrogens (tertiary/aromatic N) is 1. The smallest absolute Gasteiger partial charge is 0.410 e. The van der Waals surface area contributed by atoms with Gasteiger partial charge in [-0.05, 0) is 50.5 Å². The number of hydrogen-bond acceptors (Lipinski definition) is 7. The summed E-state index contributed by atoms with van der Waals surface area (Å²) in [6.07, 6.45) is 1.05. The van der Waals surface area contributed by atoms with Gasteiger partial charge >= 0.3 is 12.1 Å². The average molecular weight is 458 g/mol. The Morgan fingerprint density at radius 3 is 2.61 bits per heavy atom. The molecule has 0 N–H and O–H groups in total. The van der Waals surface area contributed by atoms with E-state index in [0.717, 1.165) is 12.0 Å². The van der Waals surface area contributed by atoms with Crippen LogP contribution in [0.2, 0.25) is 0 Å². The van der Waals surface area contributed by atoms with Crippen LogP contribution in [0, 0.1) is 23.7 Å². The third-order valence-corrected chi connectivity index (χ3v) is 7.74. The first-order valence-corrected chi connectivity index (χ1v) is 11.7. The van der Waals surface area contributed by atoms with Gasteiger partial charge in [0.2, 0.25) is 0 Å². The molecule has 2 aliphatic heterocycles. The van der Waals surface area contributed by atoms with Crippen LogP contribution in [-0.2, 0) is 35.1 Å². The predicted octanol–water partition coefficient (Wildman–Crippen LogP) is 2.93. The molecule has 0 bridgehead atoms. The summed E-state index contributed by atoms with van der Waals surface area (Å²) in [5.41, 5.74) is 0.913. The standard InChI is InChI=1S/C25H31NO7/c1-25(2)32-19-11-17-18(15-9-10-16(21(15)27)23(28)30-3)12-26(20(17)22(19)33-25)24(29)31-13-14-7-5-4-6-8-14/h4-8,15-20,22H,9-13H2,1-3H3/t15?,16?,17-,18+,19+,20+,22+/m0/s1. The quantitative estimate of drug-likeness (QED) is 0.507. The van der Waals surface area contributed by atoms with Crippen molar-refractivity contribution >= 4 is 17.8 Å². The molecule has 7 atom stereocenters. The first-order chi connectivity index (χ1) is 15.8. The van der Waals surface area contributed by atoms with Crippen LogP contribution in [0.4, 0.5) is 4.79 Å². The van der Waals surface area contributed by atoms with Crippen LogP contribution in [0.3, 0.4) is 0 Å². The second-order valence-corrected chi connectivity index (χ2v) is 10.0. The second-order valence-electron chi connectivity index (χ2n) is 10.0. The summed E-state index contributed by atoms with van der Waals surface area (Å²) in [6, 6.07) is 9.34. The lowest BCUT2D eigenvalue weighted by molar-refractivity contribution is -0.159. The van der Waals surface area contributed by atoms with E-state index in [2.05, 4.69) is 0 Å². The molecule has 8 heteroatoms. The number of likely N-dealkylation sites (tertiary alicyclic amines) is 1. The van der Waals surface area contributed by atoms with Gasteiger partial charge in [0.25, 0.3) is 0 Å². The highest BCUT2D eigenvalue weighted by atomic mass is 16.8. The maximum atomic E-state index is 13.2. The van der Waals surface area contributed by atoms with E-state index in [-0.39, 0.29) is 48.4 Å². The highest BCUT2D eigenvalue weighted by Crippen LogP contribution is 2.53. The number of benzene rings is 1. The maximum absolute atomic E-state index is 13.2. The number of ether oxygens (including phenoxy) is 4. The van der Waals surface area contributed by atoms with E-state index in [1.165, 1.54) is 7.11 Å². The van der Waals surface area contributed by atoms with Gasteiger partial charge in [-0.25, -0.2) is 4.79 Å². The van der Waals surface area contributed by atoms with Crippen molar-refractivity contribution in [1.82, 2.24) is 4.90 Å². The Morgan fingerprint density at radius 2 is 1.88 bits per heavy atom. The number of carbonyl (C=O) groups is 3. The van der Waals surface area contributed by atoms with Gasteiger partial charge in [-0.3, -0.25) is 9.59 Å². The number of hydrogen-bond donors (Lipinski definition) is 0. The Hall–Kier alpha value is -2.45. The minimum atomic E-state index is -0.711. The highest BCUT2D eigenvalue weighted by molar-refractivity contribution is 6.01. The molecular weight excluding hydrogens is 426 g/mol. The summed E-state index contributed by atoms with van der Waals surface area (Å²) < 4.78 is 22.8. The lowest BCUT2D eigenvalue weighted by Gasteiger charge is -2.28. The molecule has 0 aromatic heterocycles. The summed E-state index contributed by atoms with van der Waals surface area (Å²) in [7, 11) is 1.31. The predicted molar refractivity (Wildman–Crippen MR) is 116 cm³/mol. The molecule has 2 aliphatic carbocycles. The molecule has 8 nitrogen and oxygen atoms in total. The van der Waals surface area contributed by atoms with Gasteiger partial charge in [0.1, 0.15) is 18.6 Å². The largest absolute Gasteiger partial charge is 0.468 e. The van der Waals surface area contributed by atoms with E-state index in [1.54, 1.807) is 4.90 Å². The molecule has 2 heterocycles.